The summed E-state index contributed by atoms with van der Waals surface area (Å²) in [6, 6.07) is 11.5. The maximum absolute atomic E-state index is 13.3. The average Bonchev–Trinajstić information content (AvgIpc) is 3.33. The molecule has 2 aromatic rings. The number of benzene rings is 2. The first-order chi connectivity index (χ1) is 15.5. The van der Waals surface area contributed by atoms with Gasteiger partial charge in [-0.05, 0) is 50.1 Å². The number of anilines is 2. The largest absolute Gasteiger partial charge is 0.496 e. The number of amides is 4. The van der Waals surface area contributed by atoms with Gasteiger partial charge < -0.3 is 14.4 Å². The number of methoxy groups -OCH3 is 1. The molecule has 0 unspecified atom stereocenters. The maximum atomic E-state index is 13.3. The van der Waals surface area contributed by atoms with Gasteiger partial charge in [0.1, 0.15) is 17.1 Å². The second-order valence-electron chi connectivity index (χ2n) is 7.48. The number of nitrogens with zero attached hydrogens (tertiary/aromatic N) is 2. The Hall–Kier alpha value is -3.81. The number of hydrogen-bond donors (Lipinski definition) is 1. The van der Waals surface area contributed by atoms with E-state index >= 15 is 0 Å². The first-order valence-electron chi connectivity index (χ1n) is 10.6. The number of carbonyl (C=O) groups excluding carboxylic acids is 3. The van der Waals surface area contributed by atoms with Crippen LogP contribution in [0.2, 0.25) is 0 Å². The van der Waals surface area contributed by atoms with Crippen LogP contribution in [0.4, 0.5) is 16.2 Å². The smallest absolute Gasteiger partial charge is 0.336 e. The van der Waals surface area contributed by atoms with E-state index in [1.165, 1.54) is 6.08 Å². The number of carbonyl (C=O) groups is 3. The molecule has 1 N–H and O–H groups in total. The van der Waals surface area contributed by atoms with Gasteiger partial charge in [0.05, 0.1) is 19.4 Å². The number of barbiturate groups is 1. The van der Waals surface area contributed by atoms with E-state index in [2.05, 4.69) is 10.2 Å². The fourth-order valence-electron chi connectivity index (χ4n) is 3.94. The van der Waals surface area contributed by atoms with E-state index in [0.29, 0.717) is 23.7 Å². The van der Waals surface area contributed by atoms with Crippen LogP contribution in [-0.2, 0) is 9.59 Å². The van der Waals surface area contributed by atoms with Crippen molar-refractivity contribution < 1.29 is 23.9 Å². The fourth-order valence-corrected chi connectivity index (χ4v) is 3.94. The lowest BCUT2D eigenvalue weighted by Gasteiger charge is -2.27. The number of urea groups is 1. The van der Waals surface area contributed by atoms with E-state index in [1.54, 1.807) is 31.4 Å². The van der Waals surface area contributed by atoms with Crippen molar-refractivity contribution in [2.75, 3.05) is 36.6 Å². The van der Waals surface area contributed by atoms with Gasteiger partial charge in [0.2, 0.25) is 0 Å². The van der Waals surface area contributed by atoms with Crippen molar-refractivity contribution in [2.45, 2.75) is 19.8 Å². The molecule has 0 aromatic heterocycles. The molecule has 2 aliphatic heterocycles. The lowest BCUT2D eigenvalue weighted by Crippen LogP contribution is -2.54. The second kappa shape index (κ2) is 9.13. The quantitative estimate of drug-likeness (QED) is 0.553. The summed E-state index contributed by atoms with van der Waals surface area (Å²) in [6.45, 7) is 4.15. The highest BCUT2D eigenvalue weighted by Crippen LogP contribution is 2.33. The third-order valence-electron chi connectivity index (χ3n) is 5.50. The number of rotatable bonds is 6. The van der Waals surface area contributed by atoms with E-state index in [1.807, 2.05) is 25.1 Å². The minimum absolute atomic E-state index is 0.164. The first-order valence-corrected chi connectivity index (χ1v) is 10.6. The number of ether oxygens (including phenoxy) is 2. The number of imide groups is 2. The molecule has 8 heteroatoms. The summed E-state index contributed by atoms with van der Waals surface area (Å²) >= 11 is 0. The van der Waals surface area contributed by atoms with Crippen molar-refractivity contribution in [3.8, 4) is 11.5 Å². The van der Waals surface area contributed by atoms with Crippen LogP contribution in [0.25, 0.3) is 6.08 Å². The molecule has 0 bridgehead atoms. The van der Waals surface area contributed by atoms with Crippen LogP contribution >= 0.6 is 0 Å². The molecule has 0 saturated carbocycles. The normalized spacial score (nSPS) is 17.7. The molecule has 4 rings (SSSR count). The molecule has 2 saturated heterocycles. The zero-order chi connectivity index (χ0) is 22.7. The third-order valence-corrected chi connectivity index (χ3v) is 5.50. The molecule has 2 heterocycles. The van der Waals surface area contributed by atoms with Crippen LogP contribution in [0.5, 0.6) is 11.5 Å². The molecule has 166 valence electrons. The standard InChI is InChI=1S/C24H25N3O5/c1-3-32-20-9-5-4-8-19(20)27-23(29)18(22(28)25-24(27)30)14-16-10-11-17(15-21(16)31-2)26-12-6-7-13-26/h4-5,8-11,14-15H,3,6-7,12-13H2,1-2H3,(H,25,28,30)/b18-14+. The monoisotopic (exact) mass is 435 g/mol. The van der Waals surface area contributed by atoms with Crippen molar-refractivity contribution in [2.24, 2.45) is 0 Å². The number of nitrogens with one attached hydrogen (secondary N) is 1. The molecule has 2 aliphatic rings. The summed E-state index contributed by atoms with van der Waals surface area (Å²) < 4.78 is 11.1. The first kappa shape index (κ1) is 21.4. The molecule has 32 heavy (non-hydrogen) atoms. The topological polar surface area (TPSA) is 88.2 Å². The van der Waals surface area contributed by atoms with Gasteiger partial charge in [0, 0.05) is 30.4 Å². The van der Waals surface area contributed by atoms with E-state index in [0.717, 1.165) is 36.5 Å². The minimum atomic E-state index is -0.819. The van der Waals surface area contributed by atoms with E-state index < -0.39 is 17.8 Å². The fraction of sp³-hybridized carbons (Fsp3) is 0.292. The van der Waals surface area contributed by atoms with Gasteiger partial charge in [-0.3, -0.25) is 14.9 Å². The lowest BCUT2D eigenvalue weighted by molar-refractivity contribution is -0.122. The van der Waals surface area contributed by atoms with Crippen LogP contribution in [0.15, 0.2) is 48.0 Å². The van der Waals surface area contributed by atoms with Crippen molar-refractivity contribution in [3.63, 3.8) is 0 Å². The highest BCUT2D eigenvalue weighted by Gasteiger charge is 2.38. The van der Waals surface area contributed by atoms with Crippen LogP contribution in [0.3, 0.4) is 0 Å². The molecule has 2 aromatic carbocycles. The van der Waals surface area contributed by atoms with Gasteiger partial charge in [0.25, 0.3) is 11.8 Å². The molecule has 2 fully saturated rings. The lowest BCUT2D eigenvalue weighted by atomic mass is 10.0. The zero-order valence-corrected chi connectivity index (χ0v) is 18.1. The molecule has 4 amide bonds. The number of hydrogen-bond acceptors (Lipinski definition) is 6. The summed E-state index contributed by atoms with van der Waals surface area (Å²) in [5.74, 6) is -0.562. The van der Waals surface area contributed by atoms with Gasteiger partial charge in [-0.15, -0.1) is 0 Å². The van der Waals surface area contributed by atoms with Crippen molar-refractivity contribution in [3.05, 3.63) is 53.6 Å². The third kappa shape index (κ3) is 4.03. The summed E-state index contributed by atoms with van der Waals surface area (Å²) in [7, 11) is 1.54. The highest BCUT2D eigenvalue weighted by atomic mass is 16.5. The summed E-state index contributed by atoms with van der Waals surface area (Å²) in [6.07, 6.45) is 3.75. The molecule has 0 aliphatic carbocycles. The molecular weight excluding hydrogens is 410 g/mol. The Morgan fingerprint density at radius 1 is 1.03 bits per heavy atom. The maximum Gasteiger partial charge on any atom is 0.336 e. The van der Waals surface area contributed by atoms with Gasteiger partial charge in [-0.2, -0.15) is 0 Å². The van der Waals surface area contributed by atoms with Gasteiger partial charge in [-0.25, -0.2) is 9.69 Å². The van der Waals surface area contributed by atoms with Crippen LogP contribution in [0.1, 0.15) is 25.3 Å². The Morgan fingerprint density at radius 2 is 1.78 bits per heavy atom. The summed E-state index contributed by atoms with van der Waals surface area (Å²) in [5.41, 5.74) is 1.71. The SMILES string of the molecule is CCOc1ccccc1N1C(=O)NC(=O)/C(=C\c2ccc(N3CCCC3)cc2OC)C1=O. The van der Waals surface area contributed by atoms with E-state index in [9.17, 15) is 14.4 Å². The van der Waals surface area contributed by atoms with Gasteiger partial charge in [0.15, 0.2) is 0 Å². The molecule has 8 nitrogen and oxygen atoms in total. The number of para-hydroxylation sites is 2. The minimum Gasteiger partial charge on any atom is -0.496 e. The summed E-state index contributed by atoms with van der Waals surface area (Å²) in [4.78, 5) is 41.5. The predicted octanol–water partition coefficient (Wildman–Crippen LogP) is 3.36. The Balaban J connectivity index is 1.71. The molecule has 0 radical (unpaired) electrons. The second-order valence-corrected chi connectivity index (χ2v) is 7.48. The van der Waals surface area contributed by atoms with Crippen LogP contribution in [-0.4, -0.2) is 44.7 Å². The summed E-state index contributed by atoms with van der Waals surface area (Å²) in [5, 5.41) is 2.25. The van der Waals surface area contributed by atoms with Crippen molar-refractivity contribution >= 4 is 35.3 Å². The van der Waals surface area contributed by atoms with Crippen molar-refractivity contribution in [1.82, 2.24) is 5.32 Å². The van der Waals surface area contributed by atoms with Crippen LogP contribution in [0, 0.1) is 0 Å². The molecular formula is C24H25N3O5. The molecule has 0 atom stereocenters. The Bertz CT molecular complexity index is 1090. The van der Waals surface area contributed by atoms with E-state index in [4.69, 9.17) is 9.47 Å². The predicted molar refractivity (Wildman–Crippen MR) is 121 cm³/mol. The van der Waals surface area contributed by atoms with Crippen molar-refractivity contribution in [1.29, 1.82) is 0 Å². The Kier molecular flexibility index (Phi) is 6.11. The van der Waals surface area contributed by atoms with E-state index in [-0.39, 0.29) is 11.3 Å². The molecule has 0 spiro atoms. The van der Waals surface area contributed by atoms with Crippen LogP contribution < -0.4 is 24.6 Å². The zero-order valence-electron chi connectivity index (χ0n) is 18.1. The average molecular weight is 435 g/mol. The van der Waals surface area contributed by atoms with Gasteiger partial charge in [-0.1, -0.05) is 12.1 Å². The van der Waals surface area contributed by atoms with Gasteiger partial charge >= 0.3 is 6.03 Å². The Labute approximate surface area is 186 Å². The Morgan fingerprint density at radius 3 is 2.50 bits per heavy atom. The highest BCUT2D eigenvalue weighted by molar-refractivity contribution is 6.39.